The zero-order chi connectivity index (χ0) is 51.7. The van der Waals surface area contributed by atoms with Crippen LogP contribution >= 0.6 is 0 Å². The Hall–Kier alpha value is -8.79. The number of nitrogens with one attached hydrogen (secondary N) is 2. The Morgan fingerprint density at radius 1 is 0.556 bits per heavy atom. The van der Waals surface area contributed by atoms with Crippen LogP contribution in [0.4, 0.5) is 21.5 Å². The number of hydrogen-bond acceptors (Lipinski definition) is 15. The number of anilines is 3. The van der Waals surface area contributed by atoms with Crippen LogP contribution in [0.5, 0.6) is 57.5 Å². The first-order chi connectivity index (χ1) is 34.9. The van der Waals surface area contributed by atoms with E-state index in [1.165, 1.54) is 65.0 Å². The Bertz CT molecular complexity index is 2940. The van der Waals surface area contributed by atoms with Gasteiger partial charge in [-0.25, -0.2) is 4.39 Å². The van der Waals surface area contributed by atoms with Crippen LogP contribution in [0.25, 0.3) is 24.3 Å². The quantitative estimate of drug-likeness (QED) is 0.0214. The van der Waals surface area contributed by atoms with Crippen LogP contribution in [0, 0.1) is 5.82 Å². The molecule has 0 amide bonds. The number of benzene rings is 6. The molecule has 0 unspecified atom stereocenters. The van der Waals surface area contributed by atoms with Crippen molar-refractivity contribution in [3.63, 3.8) is 0 Å². The highest BCUT2D eigenvalue weighted by Crippen LogP contribution is 2.42. The number of hydrogen-bond donors (Lipinski definition) is 3. The molecule has 0 saturated carbocycles. The summed E-state index contributed by atoms with van der Waals surface area (Å²) in [4.78, 5) is 26.6. The summed E-state index contributed by atoms with van der Waals surface area (Å²) < 4.78 is 70.1. The molecule has 0 aromatic heterocycles. The van der Waals surface area contributed by atoms with E-state index in [0.29, 0.717) is 92.1 Å². The third-order valence-corrected chi connectivity index (χ3v) is 11.3. The molecule has 6 rings (SSSR count). The predicted molar refractivity (Wildman–Crippen MR) is 279 cm³/mol. The van der Waals surface area contributed by atoms with E-state index in [1.807, 2.05) is 48.6 Å². The highest BCUT2D eigenvalue weighted by molar-refractivity contribution is 6.08. The minimum atomic E-state index is -0.411. The first-order valence-corrected chi connectivity index (χ1v) is 22.4. The maximum absolute atomic E-state index is 13.7. The monoisotopic (exact) mass is 983 g/mol. The number of methoxy groups -OCH3 is 9. The number of allylic oxidation sites excluding steroid dienone is 1. The fourth-order valence-electron chi connectivity index (χ4n) is 7.56. The second-order valence-electron chi connectivity index (χ2n) is 15.6. The fourth-order valence-corrected chi connectivity index (χ4v) is 7.56. The first kappa shape index (κ1) is 52.6. The summed E-state index contributed by atoms with van der Waals surface area (Å²) in [5, 5.41) is 6.54. The lowest BCUT2D eigenvalue weighted by molar-refractivity contribution is 0.0985. The van der Waals surface area contributed by atoms with Gasteiger partial charge in [0.25, 0.3) is 0 Å². The van der Waals surface area contributed by atoms with Crippen molar-refractivity contribution in [2.45, 2.75) is 13.0 Å². The van der Waals surface area contributed by atoms with E-state index in [9.17, 15) is 14.0 Å². The number of carbonyl (C=O) groups excluding carboxylic acids is 2. The fraction of sp³-hybridized carbons (Fsp3) is 0.214. The van der Waals surface area contributed by atoms with Gasteiger partial charge in [-0.1, -0.05) is 36.4 Å². The molecule has 0 saturated heterocycles. The summed E-state index contributed by atoms with van der Waals surface area (Å²) in [6.45, 7) is 0.275. The van der Waals surface area contributed by atoms with E-state index in [2.05, 4.69) is 10.6 Å². The average Bonchev–Trinajstić information content (AvgIpc) is 3.40. The van der Waals surface area contributed by atoms with Gasteiger partial charge in [0.15, 0.2) is 57.6 Å². The van der Waals surface area contributed by atoms with E-state index in [4.69, 9.17) is 53.1 Å². The Morgan fingerprint density at radius 3 is 1.57 bits per heavy atom. The van der Waals surface area contributed by atoms with Gasteiger partial charge in [-0.2, -0.15) is 0 Å². The summed E-state index contributed by atoms with van der Waals surface area (Å²) in [5.74, 6) is 3.65. The van der Waals surface area contributed by atoms with E-state index >= 15 is 0 Å². The molecule has 0 atom stereocenters. The number of nitrogens with two attached hydrogens (primary N) is 1. The van der Waals surface area contributed by atoms with Crippen molar-refractivity contribution in [3.05, 3.63) is 148 Å². The van der Waals surface area contributed by atoms with Crippen molar-refractivity contribution in [2.24, 2.45) is 0 Å². The third-order valence-electron chi connectivity index (χ3n) is 11.3. The number of nitrogen functional groups attached to an aromatic ring is 1. The van der Waals surface area contributed by atoms with Gasteiger partial charge in [-0.05, 0) is 77.9 Å². The van der Waals surface area contributed by atoms with Crippen molar-refractivity contribution in [1.82, 2.24) is 0 Å². The molecule has 16 heteroatoms. The minimum absolute atomic E-state index is 0.0186. The van der Waals surface area contributed by atoms with Crippen molar-refractivity contribution in [1.29, 1.82) is 0 Å². The van der Waals surface area contributed by atoms with Gasteiger partial charge in [0.1, 0.15) is 12.4 Å². The Balaban J connectivity index is 1.20. The molecule has 0 aliphatic heterocycles. The summed E-state index contributed by atoms with van der Waals surface area (Å²) in [6.07, 6.45) is 10.5. The van der Waals surface area contributed by atoms with Crippen LogP contribution in [0.3, 0.4) is 0 Å². The highest BCUT2D eigenvalue weighted by Gasteiger charge is 2.18. The smallest absolute Gasteiger partial charge is 0.203 e. The molecule has 0 aliphatic carbocycles. The molecule has 72 heavy (non-hydrogen) atoms. The van der Waals surface area contributed by atoms with Crippen molar-refractivity contribution >= 4 is 52.9 Å². The van der Waals surface area contributed by atoms with E-state index in [-0.39, 0.29) is 35.8 Å². The minimum Gasteiger partial charge on any atom is -0.493 e. The van der Waals surface area contributed by atoms with Gasteiger partial charge in [0.05, 0.1) is 64.0 Å². The first-order valence-electron chi connectivity index (χ1n) is 22.4. The highest BCUT2D eigenvalue weighted by atomic mass is 19.1. The van der Waals surface area contributed by atoms with Gasteiger partial charge in [-0.3, -0.25) is 9.59 Å². The van der Waals surface area contributed by atoms with Crippen LogP contribution < -0.4 is 63.7 Å². The van der Waals surface area contributed by atoms with Crippen LogP contribution in [0.1, 0.15) is 55.0 Å². The molecule has 6 aromatic carbocycles. The van der Waals surface area contributed by atoms with Gasteiger partial charge < -0.3 is 63.7 Å². The van der Waals surface area contributed by atoms with Crippen molar-refractivity contribution < 1.29 is 61.3 Å². The van der Waals surface area contributed by atoms with E-state index in [0.717, 1.165) is 16.7 Å². The molecular formula is C56H58FN3O12. The summed E-state index contributed by atoms with van der Waals surface area (Å²) in [6, 6.07) is 25.0. The van der Waals surface area contributed by atoms with E-state index < -0.39 is 5.82 Å². The van der Waals surface area contributed by atoms with E-state index in [1.54, 1.807) is 78.0 Å². The average molecular weight is 984 g/mol. The van der Waals surface area contributed by atoms with Crippen LogP contribution in [0.15, 0.2) is 103 Å². The van der Waals surface area contributed by atoms with Crippen molar-refractivity contribution in [2.75, 3.05) is 86.9 Å². The second-order valence-corrected chi connectivity index (χ2v) is 15.6. The zero-order valence-corrected chi connectivity index (χ0v) is 41.6. The lowest BCUT2D eigenvalue weighted by Crippen LogP contribution is -2.10. The predicted octanol–water partition coefficient (Wildman–Crippen LogP) is 10.9. The molecule has 0 bridgehead atoms. The molecule has 6 aromatic rings. The molecule has 0 radical (unpaired) electrons. The molecule has 15 nitrogen and oxygen atoms in total. The third kappa shape index (κ3) is 12.7. The zero-order valence-electron chi connectivity index (χ0n) is 41.6. The Kier molecular flexibility index (Phi) is 18.4. The SMILES string of the molecule is COc1cc(/C=C\c2cc(OC)c(OC)c(OC)c2)c(N/C=C\C(=O)c2cccc(COc3cc(/C=C\c4cc(OC)c(OC)cc4NCCC(=O)c4ccc(F)cc4)cc(OC)c3OC)c2N)cc1OC. The number of ether oxygens (including phenoxy) is 10. The summed E-state index contributed by atoms with van der Waals surface area (Å²) in [7, 11) is 13.8. The number of para-hydroxylation sites is 1. The second kappa shape index (κ2) is 25.2. The largest absolute Gasteiger partial charge is 0.493 e. The summed E-state index contributed by atoms with van der Waals surface area (Å²) >= 11 is 0. The standard InChI is InChI=1S/C56H58FN3O12/c1-63-46-29-37(15-13-34-25-50(67-5)55(70-8)51(26-34)68-6)43(32-49(46)66-4)60-24-22-45(62)41-12-10-11-39(54(41)58)33-72-53-28-35(27-52(69-7)56(53)71-9)14-16-38-30-47(64-2)48(65-3)31-42(38)59-23-21-44(61)36-17-19-40(57)20-18-36/h10-20,22,24-32,59-60H,21,23,33,58H2,1-9H3/b15-13-,16-14-,24-22-. The van der Waals surface area contributed by atoms with Crippen LogP contribution in [-0.2, 0) is 6.61 Å². The normalized spacial score (nSPS) is 11.1. The molecule has 0 heterocycles. The van der Waals surface area contributed by atoms with Gasteiger partial charge in [-0.15, -0.1) is 0 Å². The molecule has 0 fully saturated rings. The maximum atomic E-state index is 13.7. The number of rotatable bonds is 25. The van der Waals surface area contributed by atoms with Gasteiger partial charge in [0, 0.05) is 82.3 Å². The van der Waals surface area contributed by atoms with Gasteiger partial charge >= 0.3 is 0 Å². The molecule has 4 N–H and O–H groups in total. The molecular weight excluding hydrogens is 926 g/mol. The molecule has 0 spiro atoms. The lowest BCUT2D eigenvalue weighted by atomic mass is 10.0. The number of ketones is 2. The van der Waals surface area contributed by atoms with Crippen molar-refractivity contribution in [3.8, 4) is 57.5 Å². The molecule has 376 valence electrons. The summed E-state index contributed by atoms with van der Waals surface area (Å²) in [5.41, 5.74) is 12.3. The Labute approximate surface area is 418 Å². The van der Waals surface area contributed by atoms with Gasteiger partial charge in [0.2, 0.25) is 11.5 Å². The number of Topliss-reactive ketones (excluding diaryl/α,β-unsaturated/α-hetero) is 1. The topological polar surface area (TPSA) is 177 Å². The lowest BCUT2D eigenvalue weighted by Gasteiger charge is -2.17. The van der Waals surface area contributed by atoms with Crippen LogP contribution in [0.2, 0.25) is 0 Å². The number of carbonyl (C=O) groups is 2. The molecule has 0 aliphatic rings. The van der Waals surface area contributed by atoms with Crippen LogP contribution in [-0.4, -0.2) is 82.1 Å². The maximum Gasteiger partial charge on any atom is 0.203 e. The number of halogens is 1. The Morgan fingerprint density at radius 2 is 1.04 bits per heavy atom.